The number of piperazine rings is 1. The van der Waals surface area contributed by atoms with Crippen LogP contribution in [0.5, 0.6) is 5.75 Å². The topological polar surface area (TPSA) is 77.2 Å². The summed E-state index contributed by atoms with van der Waals surface area (Å²) in [6.45, 7) is 9.31. The molecule has 0 bridgehead atoms. The van der Waals surface area contributed by atoms with E-state index < -0.39 is 5.63 Å². The molecule has 2 saturated heterocycles. The Labute approximate surface area is 176 Å². The summed E-state index contributed by atoms with van der Waals surface area (Å²) >= 11 is 0. The zero-order valence-electron chi connectivity index (χ0n) is 17.9. The van der Waals surface area contributed by atoms with Crippen molar-refractivity contribution in [3.05, 3.63) is 39.7 Å². The monoisotopic (exact) mass is 413 g/mol. The van der Waals surface area contributed by atoms with Crippen LogP contribution in [-0.2, 0) is 11.3 Å². The molecule has 1 aromatic heterocycles. The Morgan fingerprint density at radius 1 is 1.13 bits per heavy atom. The number of rotatable bonds is 4. The van der Waals surface area contributed by atoms with E-state index in [9.17, 15) is 14.7 Å². The molecule has 0 spiro atoms. The van der Waals surface area contributed by atoms with Gasteiger partial charge < -0.3 is 14.4 Å². The molecule has 1 amide bonds. The lowest BCUT2D eigenvalue weighted by atomic mass is 10.0. The third-order valence-corrected chi connectivity index (χ3v) is 6.56. The van der Waals surface area contributed by atoms with Crippen molar-refractivity contribution in [1.29, 1.82) is 0 Å². The number of amides is 1. The van der Waals surface area contributed by atoms with Crippen molar-refractivity contribution >= 4 is 16.9 Å². The molecule has 1 N–H and O–H groups in total. The summed E-state index contributed by atoms with van der Waals surface area (Å²) in [5.41, 5.74) is 1.56. The van der Waals surface area contributed by atoms with Crippen LogP contribution in [0.4, 0.5) is 0 Å². The van der Waals surface area contributed by atoms with Gasteiger partial charge in [0.2, 0.25) is 5.91 Å². The van der Waals surface area contributed by atoms with E-state index in [2.05, 4.69) is 16.7 Å². The van der Waals surface area contributed by atoms with Crippen LogP contribution in [0.15, 0.2) is 27.4 Å². The van der Waals surface area contributed by atoms with Gasteiger partial charge >= 0.3 is 5.63 Å². The van der Waals surface area contributed by atoms with E-state index in [1.165, 1.54) is 6.42 Å². The minimum atomic E-state index is -0.397. The van der Waals surface area contributed by atoms with Gasteiger partial charge in [0.1, 0.15) is 11.3 Å². The van der Waals surface area contributed by atoms with E-state index in [0.717, 1.165) is 56.5 Å². The molecule has 0 radical (unpaired) electrons. The molecule has 2 aromatic rings. The molecule has 1 unspecified atom stereocenters. The van der Waals surface area contributed by atoms with Crippen molar-refractivity contribution in [1.82, 2.24) is 14.7 Å². The number of aromatic hydroxyl groups is 1. The van der Waals surface area contributed by atoms with Crippen LogP contribution in [0.1, 0.15) is 37.3 Å². The van der Waals surface area contributed by atoms with Crippen molar-refractivity contribution < 1.29 is 14.3 Å². The minimum absolute atomic E-state index is 0.129. The van der Waals surface area contributed by atoms with Gasteiger partial charge in [-0.2, -0.15) is 0 Å². The minimum Gasteiger partial charge on any atom is -0.508 e. The Hall–Kier alpha value is -2.38. The molecule has 30 heavy (non-hydrogen) atoms. The van der Waals surface area contributed by atoms with Crippen LogP contribution in [0.2, 0.25) is 0 Å². The molecule has 1 atom stereocenters. The van der Waals surface area contributed by atoms with Crippen molar-refractivity contribution in [2.45, 2.75) is 45.7 Å². The van der Waals surface area contributed by atoms with Gasteiger partial charge in [-0.15, -0.1) is 0 Å². The maximum atomic E-state index is 12.7. The number of nitrogens with zero attached hydrogens (tertiary/aromatic N) is 3. The molecule has 2 aliphatic heterocycles. The Kier molecular flexibility index (Phi) is 6.11. The van der Waals surface area contributed by atoms with Crippen LogP contribution in [0.3, 0.4) is 0 Å². The highest BCUT2D eigenvalue weighted by Gasteiger charge is 2.26. The fraction of sp³-hybridized carbons (Fsp3) is 0.565. The normalized spacial score (nSPS) is 21.3. The van der Waals surface area contributed by atoms with Crippen LogP contribution < -0.4 is 5.63 Å². The standard InChI is InChI=1S/C23H31N3O4/c1-16-5-3-4-8-26(16)21(28)15-25-11-9-24(10-12-25)14-18-13-22(29)30-23-17(2)20(27)7-6-19(18)23/h6-7,13,16,27H,3-5,8-12,14-15H2,1-2H3. The first kappa shape index (κ1) is 20.9. The molecule has 1 aromatic carbocycles. The zero-order valence-corrected chi connectivity index (χ0v) is 17.9. The molecule has 0 aliphatic carbocycles. The zero-order chi connectivity index (χ0) is 21.3. The predicted molar refractivity (Wildman–Crippen MR) is 116 cm³/mol. The molecule has 0 saturated carbocycles. The summed E-state index contributed by atoms with van der Waals surface area (Å²) in [7, 11) is 0. The highest BCUT2D eigenvalue weighted by Crippen LogP contribution is 2.28. The van der Waals surface area contributed by atoms with Crippen molar-refractivity contribution in [2.75, 3.05) is 39.3 Å². The molecule has 162 valence electrons. The largest absolute Gasteiger partial charge is 0.508 e. The maximum Gasteiger partial charge on any atom is 0.336 e. The number of likely N-dealkylation sites (tertiary alicyclic amines) is 1. The van der Waals surface area contributed by atoms with Gasteiger partial charge in [-0.05, 0) is 50.8 Å². The second-order valence-corrected chi connectivity index (χ2v) is 8.66. The number of carbonyl (C=O) groups excluding carboxylic acids is 1. The SMILES string of the molecule is Cc1c(O)ccc2c(CN3CCN(CC(=O)N4CCCCC4C)CC3)cc(=O)oc12. The highest BCUT2D eigenvalue weighted by atomic mass is 16.4. The number of carbonyl (C=O) groups is 1. The van der Waals surface area contributed by atoms with E-state index in [-0.39, 0.29) is 11.7 Å². The summed E-state index contributed by atoms with van der Waals surface area (Å²) < 4.78 is 5.35. The fourth-order valence-corrected chi connectivity index (χ4v) is 4.64. The van der Waals surface area contributed by atoms with Gasteiger partial charge in [-0.3, -0.25) is 14.6 Å². The van der Waals surface area contributed by atoms with Crippen molar-refractivity contribution in [3.8, 4) is 5.75 Å². The highest BCUT2D eigenvalue weighted by molar-refractivity contribution is 5.84. The van der Waals surface area contributed by atoms with Crippen LogP contribution in [0.25, 0.3) is 11.0 Å². The first-order valence-corrected chi connectivity index (χ1v) is 10.9. The lowest BCUT2D eigenvalue weighted by molar-refractivity contribution is -0.136. The molecular formula is C23H31N3O4. The predicted octanol–water partition coefficient (Wildman–Crippen LogP) is 2.33. The number of aryl methyl sites for hydroxylation is 1. The Morgan fingerprint density at radius 2 is 1.87 bits per heavy atom. The third kappa shape index (κ3) is 4.37. The number of hydrogen-bond donors (Lipinski definition) is 1. The molecule has 7 nitrogen and oxygen atoms in total. The first-order chi connectivity index (χ1) is 14.4. The van der Waals surface area contributed by atoms with Gasteiger partial charge in [0.25, 0.3) is 0 Å². The Bertz CT molecular complexity index is 978. The number of phenols is 1. The summed E-state index contributed by atoms with van der Waals surface area (Å²) in [5, 5.41) is 10.8. The lowest BCUT2D eigenvalue weighted by Gasteiger charge is -2.38. The van der Waals surface area contributed by atoms with E-state index >= 15 is 0 Å². The molecule has 7 heteroatoms. The summed E-state index contributed by atoms with van der Waals surface area (Å²) in [6.07, 6.45) is 3.44. The number of fused-ring (bicyclic) bond motifs is 1. The lowest BCUT2D eigenvalue weighted by Crippen LogP contribution is -2.51. The number of hydrogen-bond acceptors (Lipinski definition) is 6. The second-order valence-electron chi connectivity index (χ2n) is 8.66. The first-order valence-electron chi connectivity index (χ1n) is 10.9. The van der Waals surface area contributed by atoms with Crippen molar-refractivity contribution in [3.63, 3.8) is 0 Å². The Balaban J connectivity index is 1.38. The van der Waals surface area contributed by atoms with Gasteiger partial charge in [-0.1, -0.05) is 0 Å². The van der Waals surface area contributed by atoms with Crippen LogP contribution in [-0.4, -0.2) is 71.0 Å². The smallest absolute Gasteiger partial charge is 0.336 e. The van der Waals surface area contributed by atoms with E-state index in [1.54, 1.807) is 19.1 Å². The van der Waals surface area contributed by atoms with Crippen molar-refractivity contribution in [2.24, 2.45) is 0 Å². The molecule has 4 rings (SSSR count). The van der Waals surface area contributed by atoms with Gasteiger partial charge in [0, 0.05) is 62.3 Å². The number of phenolic OH excluding ortho intramolecular Hbond substituents is 1. The number of benzene rings is 1. The summed E-state index contributed by atoms with van der Waals surface area (Å²) in [4.78, 5) is 31.3. The molecular weight excluding hydrogens is 382 g/mol. The van der Waals surface area contributed by atoms with Gasteiger partial charge in [-0.25, -0.2) is 4.79 Å². The van der Waals surface area contributed by atoms with Crippen LogP contribution >= 0.6 is 0 Å². The van der Waals surface area contributed by atoms with E-state index in [4.69, 9.17) is 4.42 Å². The summed E-state index contributed by atoms with van der Waals surface area (Å²) in [6, 6.07) is 5.36. The maximum absolute atomic E-state index is 12.7. The average Bonchev–Trinajstić information content (AvgIpc) is 2.73. The number of piperidine rings is 1. The van der Waals surface area contributed by atoms with E-state index in [1.807, 2.05) is 11.0 Å². The van der Waals surface area contributed by atoms with E-state index in [0.29, 0.717) is 30.3 Å². The fourth-order valence-electron chi connectivity index (χ4n) is 4.64. The third-order valence-electron chi connectivity index (χ3n) is 6.56. The molecule has 2 fully saturated rings. The second kappa shape index (κ2) is 8.78. The molecule has 2 aliphatic rings. The Morgan fingerprint density at radius 3 is 2.60 bits per heavy atom. The van der Waals surface area contributed by atoms with Crippen LogP contribution in [0, 0.1) is 6.92 Å². The van der Waals surface area contributed by atoms with Gasteiger partial charge in [0.15, 0.2) is 0 Å². The van der Waals surface area contributed by atoms with Gasteiger partial charge in [0.05, 0.1) is 6.54 Å². The summed E-state index contributed by atoms with van der Waals surface area (Å²) in [5.74, 6) is 0.377. The average molecular weight is 414 g/mol. The quantitative estimate of drug-likeness (QED) is 0.776. The molecule has 3 heterocycles.